The van der Waals surface area contributed by atoms with Crippen LogP contribution in [0.4, 0.5) is 0 Å². The Morgan fingerprint density at radius 1 is 1.08 bits per heavy atom. The van der Waals surface area contributed by atoms with Crippen molar-refractivity contribution in [3.8, 4) is 17.0 Å². The fraction of sp³-hybridized carbons (Fsp3) is 0.421. The molecule has 2 rings (SSSR count). The zero-order valence-corrected chi connectivity index (χ0v) is 16.2. The van der Waals surface area contributed by atoms with Gasteiger partial charge < -0.3 is 4.74 Å². The maximum atomic E-state index is 6.03. The van der Waals surface area contributed by atoms with Gasteiger partial charge in [0.05, 0.1) is 0 Å². The van der Waals surface area contributed by atoms with Crippen molar-refractivity contribution >= 4 is 28.6 Å². The number of aromatic nitrogens is 2. The summed E-state index contributed by atoms with van der Waals surface area (Å²) in [5.74, 6) is 1.48. The van der Waals surface area contributed by atoms with E-state index in [2.05, 4.69) is 17.1 Å². The number of unbranched alkanes of at least 4 members (excludes halogenated alkanes) is 5. The number of halogens is 1. The Bertz CT molecular complexity index is 667. The molecule has 6 heteroatoms. The largest absolute Gasteiger partial charge is 0.402 e. The summed E-state index contributed by atoms with van der Waals surface area (Å²) in [5.41, 5.74) is 1.54. The maximum Gasteiger partial charge on any atom is 0.402 e. The molecule has 0 aliphatic rings. The molecule has 134 valence electrons. The highest BCUT2D eigenvalue weighted by atomic mass is 35.5. The summed E-state index contributed by atoms with van der Waals surface area (Å²) in [7, 11) is 0. The van der Waals surface area contributed by atoms with Crippen molar-refractivity contribution in [2.45, 2.75) is 45.4 Å². The average molecular weight is 379 g/mol. The second-order valence-electron chi connectivity index (χ2n) is 5.78. The van der Waals surface area contributed by atoms with Crippen LogP contribution >= 0.6 is 23.4 Å². The maximum absolute atomic E-state index is 6.03. The molecule has 2 N–H and O–H groups in total. The molecule has 0 fully saturated rings. The first kappa shape index (κ1) is 19.7. The summed E-state index contributed by atoms with van der Waals surface area (Å²) in [6.45, 7) is 2.23. The molecule has 1 heterocycles. The van der Waals surface area contributed by atoms with Crippen molar-refractivity contribution < 1.29 is 10.1 Å². The van der Waals surface area contributed by atoms with E-state index in [1.54, 1.807) is 6.07 Å². The molecule has 0 aliphatic heterocycles. The summed E-state index contributed by atoms with van der Waals surface area (Å²) in [5, 5.41) is 14.8. The Balaban J connectivity index is 1.87. The third-order valence-corrected chi connectivity index (χ3v) is 4.77. The van der Waals surface area contributed by atoms with Gasteiger partial charge in [0.25, 0.3) is 0 Å². The molecule has 1 aromatic heterocycles. The Kier molecular flexibility index (Phi) is 8.77. The van der Waals surface area contributed by atoms with Crippen molar-refractivity contribution in [2.24, 2.45) is 0 Å². The SMILES string of the molecule is CCCCCCCCSC(=[NH2+])Oc1cc(Cl)nnc1-c1ccccc1. The number of hydrogen-bond acceptors (Lipinski definition) is 4. The van der Waals surface area contributed by atoms with Gasteiger partial charge >= 0.3 is 5.23 Å². The van der Waals surface area contributed by atoms with E-state index in [9.17, 15) is 0 Å². The zero-order chi connectivity index (χ0) is 17.9. The fourth-order valence-corrected chi connectivity index (χ4v) is 3.25. The number of hydrogen-bond donors (Lipinski definition) is 1. The minimum atomic E-state index is 0.281. The van der Waals surface area contributed by atoms with E-state index >= 15 is 0 Å². The lowest BCUT2D eigenvalue weighted by Crippen LogP contribution is -2.41. The molecule has 0 aliphatic carbocycles. The Labute approximate surface area is 158 Å². The predicted octanol–water partition coefficient (Wildman–Crippen LogP) is 4.38. The molecule has 0 atom stereocenters. The highest BCUT2D eigenvalue weighted by Crippen LogP contribution is 2.29. The molecule has 0 saturated heterocycles. The summed E-state index contributed by atoms with van der Waals surface area (Å²) in [4.78, 5) is 0. The summed E-state index contributed by atoms with van der Waals surface area (Å²) in [6, 6.07) is 11.4. The Morgan fingerprint density at radius 3 is 2.56 bits per heavy atom. The predicted molar refractivity (Wildman–Crippen MR) is 106 cm³/mol. The standard InChI is InChI=1S/C19H24ClN3OS/c1-2-3-4-5-6-10-13-25-19(21)24-16-14-17(20)22-23-18(16)15-11-8-7-9-12-15/h7-9,11-12,14,21H,2-6,10,13H2,1H3/p+1. The second kappa shape index (κ2) is 11.1. The van der Waals surface area contributed by atoms with E-state index in [1.165, 1.54) is 43.9 Å². The molecule has 0 spiro atoms. The van der Waals surface area contributed by atoms with E-state index in [1.807, 2.05) is 30.3 Å². The van der Waals surface area contributed by atoms with E-state index in [4.69, 9.17) is 21.7 Å². The monoisotopic (exact) mass is 378 g/mol. The first-order valence-electron chi connectivity index (χ1n) is 8.72. The van der Waals surface area contributed by atoms with Gasteiger partial charge in [0.15, 0.2) is 10.9 Å². The number of nitrogens with two attached hydrogens (primary N) is 1. The molecular formula is C19H25ClN3OS+. The Morgan fingerprint density at radius 2 is 1.80 bits per heavy atom. The molecule has 25 heavy (non-hydrogen) atoms. The van der Waals surface area contributed by atoms with Crippen molar-refractivity contribution in [3.63, 3.8) is 0 Å². The first-order chi connectivity index (χ1) is 12.2. The van der Waals surface area contributed by atoms with Crippen LogP contribution in [0.1, 0.15) is 45.4 Å². The van der Waals surface area contributed by atoms with E-state index < -0.39 is 0 Å². The van der Waals surface area contributed by atoms with Gasteiger partial charge in [-0.05, 0) is 18.2 Å². The quantitative estimate of drug-likeness (QED) is 0.399. The molecule has 2 aromatic rings. The van der Waals surface area contributed by atoms with Crippen molar-refractivity contribution in [1.82, 2.24) is 10.2 Å². The lowest BCUT2D eigenvalue weighted by atomic mass is 10.1. The topological polar surface area (TPSA) is 60.6 Å². The molecule has 1 aromatic carbocycles. The van der Waals surface area contributed by atoms with Crippen LogP contribution in [0.2, 0.25) is 5.15 Å². The van der Waals surface area contributed by atoms with Gasteiger partial charge in [-0.25, -0.2) is 5.41 Å². The molecule has 0 unspecified atom stereocenters. The first-order valence-corrected chi connectivity index (χ1v) is 10.1. The minimum Gasteiger partial charge on any atom is -0.398 e. The third kappa shape index (κ3) is 7.04. The lowest BCUT2D eigenvalue weighted by Gasteiger charge is -2.08. The molecule has 0 saturated carbocycles. The van der Waals surface area contributed by atoms with E-state index in [0.717, 1.165) is 17.7 Å². The van der Waals surface area contributed by atoms with Crippen LogP contribution in [-0.4, -0.2) is 21.2 Å². The van der Waals surface area contributed by atoms with Gasteiger partial charge in [-0.15, -0.1) is 10.2 Å². The van der Waals surface area contributed by atoms with Crippen LogP contribution in [0.25, 0.3) is 11.3 Å². The average Bonchev–Trinajstić information content (AvgIpc) is 2.62. The van der Waals surface area contributed by atoms with Crippen molar-refractivity contribution in [1.29, 1.82) is 0 Å². The van der Waals surface area contributed by atoms with Gasteiger partial charge in [0.2, 0.25) is 0 Å². The molecule has 0 radical (unpaired) electrons. The smallest absolute Gasteiger partial charge is 0.398 e. The normalized spacial score (nSPS) is 10.6. The number of benzene rings is 1. The molecule has 0 bridgehead atoms. The Hall–Kier alpha value is -1.59. The van der Waals surface area contributed by atoms with Gasteiger partial charge in [-0.2, -0.15) is 0 Å². The van der Waals surface area contributed by atoms with E-state index in [0.29, 0.717) is 16.7 Å². The van der Waals surface area contributed by atoms with Gasteiger partial charge in [0.1, 0.15) is 5.69 Å². The minimum absolute atomic E-state index is 0.281. The van der Waals surface area contributed by atoms with Crippen LogP contribution in [-0.2, 0) is 0 Å². The third-order valence-electron chi connectivity index (χ3n) is 3.73. The summed E-state index contributed by atoms with van der Waals surface area (Å²) >= 11 is 7.49. The number of rotatable bonds is 9. The molecule has 4 nitrogen and oxygen atoms in total. The van der Waals surface area contributed by atoms with Crippen LogP contribution in [0.3, 0.4) is 0 Å². The number of nitrogens with zero attached hydrogens (tertiary/aromatic N) is 2. The summed E-state index contributed by atoms with van der Waals surface area (Å²) in [6.07, 6.45) is 7.57. The van der Waals surface area contributed by atoms with Gasteiger partial charge in [-0.3, -0.25) is 0 Å². The van der Waals surface area contributed by atoms with Crippen LogP contribution in [0.15, 0.2) is 36.4 Å². The molecule has 0 amide bonds. The zero-order valence-electron chi connectivity index (χ0n) is 14.6. The number of thioether (sulfide) groups is 1. The van der Waals surface area contributed by atoms with Gasteiger partial charge in [-0.1, -0.05) is 81.0 Å². The van der Waals surface area contributed by atoms with Crippen molar-refractivity contribution in [3.05, 3.63) is 41.6 Å². The fourth-order valence-electron chi connectivity index (χ4n) is 2.42. The highest BCUT2D eigenvalue weighted by molar-refractivity contribution is 8.13. The van der Waals surface area contributed by atoms with Gasteiger partial charge in [0, 0.05) is 17.4 Å². The van der Waals surface area contributed by atoms with Crippen molar-refractivity contribution in [2.75, 3.05) is 5.75 Å². The molecular weight excluding hydrogens is 354 g/mol. The second-order valence-corrected chi connectivity index (χ2v) is 7.27. The lowest BCUT2D eigenvalue weighted by molar-refractivity contribution is -0.124. The van der Waals surface area contributed by atoms with Crippen LogP contribution in [0.5, 0.6) is 5.75 Å². The van der Waals surface area contributed by atoms with Crippen LogP contribution < -0.4 is 10.1 Å². The van der Waals surface area contributed by atoms with E-state index in [-0.39, 0.29) is 5.15 Å². The summed E-state index contributed by atoms with van der Waals surface area (Å²) < 4.78 is 5.80. The highest BCUT2D eigenvalue weighted by Gasteiger charge is 2.15. The number of ether oxygens (including phenoxy) is 1. The van der Waals surface area contributed by atoms with Crippen LogP contribution in [0, 0.1) is 0 Å².